The molecule has 1 rings (SSSR count). The average molecular weight is 243 g/mol. The van der Waals surface area contributed by atoms with Gasteiger partial charge in [-0.05, 0) is 27.3 Å². The number of esters is 1. The summed E-state index contributed by atoms with van der Waals surface area (Å²) in [5.74, 6) is -0.283. The number of likely N-dealkylation sites (N-methyl/N-ethyl adjacent to an activating group) is 1. The van der Waals surface area contributed by atoms with Crippen molar-refractivity contribution >= 4 is 5.97 Å². The summed E-state index contributed by atoms with van der Waals surface area (Å²) in [6.45, 7) is 8.47. The van der Waals surface area contributed by atoms with E-state index in [0.29, 0.717) is 19.1 Å². The summed E-state index contributed by atoms with van der Waals surface area (Å²) in [6.07, 6.45) is 0.676. The molecule has 0 aromatic heterocycles. The average Bonchev–Trinajstić information content (AvgIpc) is 2.30. The van der Waals surface area contributed by atoms with Crippen LogP contribution in [0.25, 0.3) is 0 Å². The Balaban J connectivity index is 2.24. The molecule has 1 aliphatic heterocycles. The van der Waals surface area contributed by atoms with Crippen LogP contribution in [0.5, 0.6) is 0 Å². The summed E-state index contributed by atoms with van der Waals surface area (Å²) in [5, 5.41) is 0. The number of nitrogens with zero attached hydrogens (tertiary/aromatic N) is 2. The fourth-order valence-corrected chi connectivity index (χ4v) is 2.02. The predicted molar refractivity (Wildman–Crippen MR) is 67.8 cm³/mol. The van der Waals surface area contributed by atoms with Gasteiger partial charge in [0.2, 0.25) is 0 Å². The number of ether oxygens (including phenoxy) is 1. The maximum atomic E-state index is 11.4. The Kier molecular flexibility index (Phi) is 5.88. The van der Waals surface area contributed by atoms with Crippen LogP contribution >= 0.6 is 0 Å². The van der Waals surface area contributed by atoms with Gasteiger partial charge in [0.25, 0.3) is 0 Å². The smallest absolute Gasteiger partial charge is 0.322 e. The predicted octanol–water partition coefficient (Wildman–Crippen LogP) is -0.0972. The lowest BCUT2D eigenvalue weighted by atomic mass is 10.1. The topological polar surface area (TPSA) is 58.8 Å². The minimum Gasteiger partial charge on any atom is -0.465 e. The highest BCUT2D eigenvalue weighted by molar-refractivity contribution is 5.75. The second-order valence-corrected chi connectivity index (χ2v) is 4.78. The van der Waals surface area contributed by atoms with Crippen LogP contribution in [-0.2, 0) is 9.53 Å². The summed E-state index contributed by atoms with van der Waals surface area (Å²) < 4.78 is 4.89. The van der Waals surface area contributed by atoms with Gasteiger partial charge in [0.05, 0.1) is 6.61 Å². The van der Waals surface area contributed by atoms with Crippen molar-refractivity contribution in [3.05, 3.63) is 0 Å². The molecule has 2 atom stereocenters. The minimum atomic E-state index is -0.482. The first-order valence-corrected chi connectivity index (χ1v) is 6.39. The van der Waals surface area contributed by atoms with Crippen molar-refractivity contribution in [1.29, 1.82) is 0 Å². The van der Waals surface area contributed by atoms with Crippen molar-refractivity contribution < 1.29 is 9.53 Å². The lowest BCUT2D eigenvalue weighted by molar-refractivity contribution is -0.144. The molecule has 1 fully saturated rings. The van der Waals surface area contributed by atoms with Crippen LogP contribution in [0, 0.1) is 0 Å². The molecule has 0 amide bonds. The summed E-state index contributed by atoms with van der Waals surface area (Å²) in [6, 6.07) is 0.0903. The van der Waals surface area contributed by atoms with E-state index in [2.05, 4.69) is 23.8 Å². The molecule has 2 N–H and O–H groups in total. The van der Waals surface area contributed by atoms with Gasteiger partial charge in [-0.1, -0.05) is 0 Å². The van der Waals surface area contributed by atoms with Gasteiger partial charge in [0.15, 0.2) is 0 Å². The third kappa shape index (κ3) is 4.61. The van der Waals surface area contributed by atoms with E-state index in [9.17, 15) is 4.79 Å². The molecule has 17 heavy (non-hydrogen) atoms. The van der Waals surface area contributed by atoms with Crippen LogP contribution in [-0.4, -0.2) is 67.7 Å². The molecular formula is C12H25N3O2. The van der Waals surface area contributed by atoms with E-state index in [-0.39, 0.29) is 5.97 Å². The molecule has 0 saturated carbocycles. The molecule has 0 spiro atoms. The van der Waals surface area contributed by atoms with Crippen LogP contribution < -0.4 is 5.73 Å². The van der Waals surface area contributed by atoms with Crippen molar-refractivity contribution in [2.45, 2.75) is 32.4 Å². The van der Waals surface area contributed by atoms with Gasteiger partial charge < -0.3 is 20.3 Å². The fraction of sp³-hybridized carbons (Fsp3) is 0.917. The van der Waals surface area contributed by atoms with Crippen LogP contribution in [0.4, 0.5) is 0 Å². The zero-order valence-electron chi connectivity index (χ0n) is 11.2. The molecule has 0 bridgehead atoms. The van der Waals surface area contributed by atoms with E-state index < -0.39 is 6.04 Å². The molecule has 1 saturated heterocycles. The van der Waals surface area contributed by atoms with Crippen molar-refractivity contribution in [3.8, 4) is 0 Å². The van der Waals surface area contributed by atoms with E-state index in [1.54, 1.807) is 6.92 Å². The van der Waals surface area contributed by atoms with Crippen molar-refractivity contribution in [3.63, 3.8) is 0 Å². The zero-order valence-corrected chi connectivity index (χ0v) is 11.2. The standard InChI is InChI=1S/C12H25N3O2/c1-4-17-12(16)11(13)5-6-15-8-7-14(3)10(2)9-15/h10-11H,4-9,13H2,1-3H3. The van der Waals surface area contributed by atoms with E-state index in [1.807, 2.05) is 0 Å². The highest BCUT2D eigenvalue weighted by atomic mass is 16.5. The van der Waals surface area contributed by atoms with Crippen LogP contribution in [0.1, 0.15) is 20.3 Å². The van der Waals surface area contributed by atoms with Crippen molar-refractivity contribution in [2.75, 3.05) is 39.8 Å². The molecule has 1 heterocycles. The molecule has 100 valence electrons. The normalized spacial score (nSPS) is 24.6. The van der Waals surface area contributed by atoms with Crippen LogP contribution in [0.2, 0.25) is 0 Å². The Bertz CT molecular complexity index is 248. The maximum absolute atomic E-state index is 11.4. The number of rotatable bonds is 5. The van der Waals surface area contributed by atoms with E-state index in [0.717, 1.165) is 26.2 Å². The minimum absolute atomic E-state index is 0.283. The molecule has 0 aromatic carbocycles. The van der Waals surface area contributed by atoms with Crippen molar-refractivity contribution in [2.24, 2.45) is 5.73 Å². The summed E-state index contributed by atoms with van der Waals surface area (Å²) in [5.41, 5.74) is 5.77. The van der Waals surface area contributed by atoms with Gasteiger partial charge in [0.1, 0.15) is 6.04 Å². The number of hydrogen-bond acceptors (Lipinski definition) is 5. The van der Waals surface area contributed by atoms with E-state index in [4.69, 9.17) is 10.5 Å². The highest BCUT2D eigenvalue weighted by Crippen LogP contribution is 2.07. The molecule has 0 aliphatic carbocycles. The van der Waals surface area contributed by atoms with E-state index in [1.165, 1.54) is 0 Å². The molecule has 0 aromatic rings. The van der Waals surface area contributed by atoms with Gasteiger partial charge in [-0.15, -0.1) is 0 Å². The Labute approximate surface area is 104 Å². The van der Waals surface area contributed by atoms with Gasteiger partial charge in [-0.2, -0.15) is 0 Å². The van der Waals surface area contributed by atoms with Gasteiger partial charge in [-0.3, -0.25) is 4.79 Å². The lowest BCUT2D eigenvalue weighted by Crippen LogP contribution is -2.51. The third-order valence-electron chi connectivity index (χ3n) is 3.39. The largest absolute Gasteiger partial charge is 0.465 e. The second-order valence-electron chi connectivity index (χ2n) is 4.78. The lowest BCUT2D eigenvalue weighted by Gasteiger charge is -2.37. The first-order valence-electron chi connectivity index (χ1n) is 6.39. The van der Waals surface area contributed by atoms with Crippen molar-refractivity contribution in [1.82, 2.24) is 9.80 Å². The van der Waals surface area contributed by atoms with Crippen LogP contribution in [0.3, 0.4) is 0 Å². The first-order chi connectivity index (χ1) is 8.04. The van der Waals surface area contributed by atoms with Gasteiger partial charge in [-0.25, -0.2) is 0 Å². The molecule has 0 radical (unpaired) electrons. The number of hydrogen-bond donors (Lipinski definition) is 1. The number of nitrogens with two attached hydrogens (primary N) is 1. The van der Waals surface area contributed by atoms with E-state index >= 15 is 0 Å². The Morgan fingerprint density at radius 1 is 1.53 bits per heavy atom. The summed E-state index contributed by atoms with van der Waals surface area (Å²) in [4.78, 5) is 16.1. The Morgan fingerprint density at radius 2 is 2.24 bits per heavy atom. The summed E-state index contributed by atoms with van der Waals surface area (Å²) in [7, 11) is 2.15. The molecule has 5 heteroatoms. The second kappa shape index (κ2) is 6.93. The zero-order chi connectivity index (χ0) is 12.8. The quantitative estimate of drug-likeness (QED) is 0.684. The van der Waals surface area contributed by atoms with Gasteiger partial charge >= 0.3 is 5.97 Å². The van der Waals surface area contributed by atoms with Gasteiger partial charge in [0, 0.05) is 32.2 Å². The number of piperazine rings is 1. The molecule has 2 unspecified atom stereocenters. The third-order valence-corrected chi connectivity index (χ3v) is 3.39. The SMILES string of the molecule is CCOC(=O)C(N)CCN1CCN(C)C(C)C1. The molecular weight excluding hydrogens is 218 g/mol. The Hall–Kier alpha value is -0.650. The number of carbonyl (C=O) groups excluding carboxylic acids is 1. The first kappa shape index (κ1) is 14.4. The highest BCUT2D eigenvalue weighted by Gasteiger charge is 2.22. The molecule has 1 aliphatic rings. The maximum Gasteiger partial charge on any atom is 0.322 e. The molecule has 5 nitrogen and oxygen atoms in total. The summed E-state index contributed by atoms with van der Waals surface area (Å²) >= 11 is 0. The van der Waals surface area contributed by atoms with Crippen LogP contribution in [0.15, 0.2) is 0 Å². The fourth-order valence-electron chi connectivity index (χ4n) is 2.02. The Morgan fingerprint density at radius 3 is 2.82 bits per heavy atom. The monoisotopic (exact) mass is 243 g/mol. The number of carbonyl (C=O) groups is 1.